The van der Waals surface area contributed by atoms with Crippen LogP contribution in [0.5, 0.6) is 0 Å². The molecule has 1 aliphatic heterocycles. The van der Waals surface area contributed by atoms with Gasteiger partial charge in [-0.05, 0) is 43.0 Å². The number of amides is 6. The van der Waals surface area contributed by atoms with E-state index in [-0.39, 0.29) is 18.9 Å². The molecule has 0 fully saturated rings. The van der Waals surface area contributed by atoms with Gasteiger partial charge >= 0.3 is 6.03 Å². The summed E-state index contributed by atoms with van der Waals surface area (Å²) in [4.78, 5) is 60.5. The number of nitrogens with one attached hydrogen (secondary N) is 3. The largest absolute Gasteiger partial charge is 0.352 e. The first kappa shape index (κ1) is 24.5. The summed E-state index contributed by atoms with van der Waals surface area (Å²) >= 11 is 0. The summed E-state index contributed by atoms with van der Waals surface area (Å²) in [5, 5.41) is 7.77. The normalized spacial score (nSPS) is 14.9. The van der Waals surface area contributed by atoms with Crippen molar-refractivity contribution in [2.24, 2.45) is 17.4 Å². The Hall–Kier alpha value is -3.73. The molecule has 7 N–H and O–H groups in total. The van der Waals surface area contributed by atoms with Crippen molar-refractivity contribution in [1.82, 2.24) is 10.6 Å². The molecular weight excluding hydrogens is 416 g/mol. The van der Waals surface area contributed by atoms with E-state index in [1.807, 2.05) is 0 Å². The van der Waals surface area contributed by atoms with Gasteiger partial charge in [-0.25, -0.2) is 9.69 Å². The van der Waals surface area contributed by atoms with E-state index in [2.05, 4.69) is 16.0 Å². The van der Waals surface area contributed by atoms with E-state index < -0.39 is 41.7 Å². The van der Waals surface area contributed by atoms with E-state index in [1.165, 1.54) is 24.3 Å². The fourth-order valence-electron chi connectivity index (χ4n) is 2.94. The summed E-state index contributed by atoms with van der Waals surface area (Å²) < 4.78 is 0. The van der Waals surface area contributed by atoms with Gasteiger partial charge in [-0.2, -0.15) is 0 Å². The number of hydrogen-bond donors (Lipinski definition) is 5. The lowest BCUT2D eigenvalue weighted by Crippen LogP contribution is -2.51. The Kier molecular flexibility index (Phi) is 8.47. The average molecular weight is 444 g/mol. The van der Waals surface area contributed by atoms with Crippen molar-refractivity contribution in [3.8, 4) is 0 Å². The molecule has 1 aliphatic rings. The molecule has 1 heterocycles. The summed E-state index contributed by atoms with van der Waals surface area (Å²) in [7, 11) is 0. The highest BCUT2D eigenvalue weighted by molar-refractivity contribution is 6.28. The number of rotatable bonds is 10. The molecule has 0 aromatic heterocycles. The quantitative estimate of drug-likeness (QED) is 0.250. The van der Waals surface area contributed by atoms with Crippen LogP contribution in [-0.2, 0) is 19.2 Å². The first-order valence-corrected chi connectivity index (χ1v) is 10.2. The number of hydrogen-bond acceptors (Lipinski definition) is 6. The van der Waals surface area contributed by atoms with Crippen molar-refractivity contribution in [3.63, 3.8) is 0 Å². The van der Waals surface area contributed by atoms with Crippen molar-refractivity contribution < 1.29 is 24.0 Å². The van der Waals surface area contributed by atoms with Crippen molar-refractivity contribution >= 4 is 41.0 Å². The SMILES string of the molecule is CC(C)[C@H](N)C(=O)N[C@@H](CCCNC(N)=O)C(=O)Nc1ccc(N2C(=O)C=CC2=O)cc1. The van der Waals surface area contributed by atoms with Crippen LogP contribution >= 0.6 is 0 Å². The molecule has 172 valence electrons. The second kappa shape index (κ2) is 11.0. The van der Waals surface area contributed by atoms with Crippen LogP contribution in [0.2, 0.25) is 0 Å². The lowest BCUT2D eigenvalue weighted by molar-refractivity contribution is -0.128. The van der Waals surface area contributed by atoms with Crippen LogP contribution in [-0.4, -0.2) is 48.3 Å². The van der Waals surface area contributed by atoms with Gasteiger partial charge < -0.3 is 27.4 Å². The molecule has 0 unspecified atom stereocenters. The number of carbonyl (C=O) groups excluding carboxylic acids is 5. The minimum atomic E-state index is -0.896. The van der Waals surface area contributed by atoms with Gasteiger partial charge in [0.1, 0.15) is 6.04 Å². The van der Waals surface area contributed by atoms with Gasteiger partial charge in [-0.3, -0.25) is 19.2 Å². The summed E-state index contributed by atoms with van der Waals surface area (Å²) in [5.74, 6) is -1.94. The van der Waals surface area contributed by atoms with Crippen molar-refractivity contribution in [2.75, 3.05) is 16.8 Å². The van der Waals surface area contributed by atoms with Gasteiger partial charge in [0.2, 0.25) is 11.8 Å². The zero-order valence-corrected chi connectivity index (χ0v) is 18.0. The highest BCUT2D eigenvalue weighted by Crippen LogP contribution is 2.21. The van der Waals surface area contributed by atoms with E-state index in [9.17, 15) is 24.0 Å². The van der Waals surface area contributed by atoms with E-state index in [1.54, 1.807) is 26.0 Å². The first-order chi connectivity index (χ1) is 15.1. The minimum absolute atomic E-state index is 0.117. The van der Waals surface area contributed by atoms with Crippen LogP contribution in [0.25, 0.3) is 0 Å². The zero-order valence-electron chi connectivity index (χ0n) is 18.0. The number of nitrogens with zero attached hydrogens (tertiary/aromatic N) is 1. The molecule has 6 amide bonds. The zero-order chi connectivity index (χ0) is 23.8. The molecule has 1 aromatic carbocycles. The molecule has 1 aromatic rings. The summed E-state index contributed by atoms with van der Waals surface area (Å²) in [5.41, 5.74) is 11.7. The number of anilines is 2. The number of imide groups is 1. The fraction of sp³-hybridized carbons (Fsp3) is 0.381. The Morgan fingerprint density at radius 2 is 1.59 bits per heavy atom. The van der Waals surface area contributed by atoms with Crippen LogP contribution in [0.3, 0.4) is 0 Å². The molecule has 2 rings (SSSR count). The van der Waals surface area contributed by atoms with Crippen LogP contribution in [0.15, 0.2) is 36.4 Å². The standard InChI is InChI=1S/C21H28N6O5/c1-12(2)18(22)20(31)26-15(4-3-11-24-21(23)32)19(30)25-13-5-7-14(8-6-13)27-16(28)9-10-17(27)29/h5-10,12,15,18H,3-4,11,22H2,1-2H3,(H,25,30)(H,26,31)(H3,23,24,32)/t15-,18-/m0/s1. The van der Waals surface area contributed by atoms with Crippen LogP contribution < -0.4 is 32.3 Å². The maximum atomic E-state index is 12.8. The molecule has 0 spiro atoms. The van der Waals surface area contributed by atoms with Gasteiger partial charge in [-0.15, -0.1) is 0 Å². The Morgan fingerprint density at radius 3 is 2.12 bits per heavy atom. The molecule has 0 saturated carbocycles. The molecule has 32 heavy (non-hydrogen) atoms. The molecule has 0 aliphatic carbocycles. The monoisotopic (exact) mass is 444 g/mol. The predicted octanol–water partition coefficient (Wildman–Crippen LogP) is -0.0289. The second-order valence-electron chi connectivity index (χ2n) is 7.65. The average Bonchev–Trinajstić information content (AvgIpc) is 3.07. The van der Waals surface area contributed by atoms with Crippen LogP contribution in [0.1, 0.15) is 26.7 Å². The van der Waals surface area contributed by atoms with Crippen molar-refractivity contribution in [3.05, 3.63) is 36.4 Å². The van der Waals surface area contributed by atoms with E-state index >= 15 is 0 Å². The maximum absolute atomic E-state index is 12.8. The molecule has 11 heteroatoms. The van der Waals surface area contributed by atoms with Gasteiger partial charge in [0.05, 0.1) is 11.7 Å². The third kappa shape index (κ3) is 6.64. The predicted molar refractivity (Wildman–Crippen MR) is 118 cm³/mol. The third-order valence-corrected chi connectivity index (χ3v) is 4.83. The highest BCUT2D eigenvalue weighted by Gasteiger charge is 2.26. The van der Waals surface area contributed by atoms with Gasteiger partial charge in [0.25, 0.3) is 11.8 Å². The lowest BCUT2D eigenvalue weighted by Gasteiger charge is -2.22. The Morgan fingerprint density at radius 1 is 1.00 bits per heavy atom. The van der Waals surface area contributed by atoms with Crippen molar-refractivity contribution in [2.45, 2.75) is 38.8 Å². The van der Waals surface area contributed by atoms with E-state index in [0.717, 1.165) is 4.90 Å². The summed E-state index contributed by atoms with van der Waals surface area (Å²) in [6.07, 6.45) is 2.99. The molecule has 0 bridgehead atoms. The van der Waals surface area contributed by atoms with E-state index in [0.29, 0.717) is 17.8 Å². The first-order valence-electron chi connectivity index (χ1n) is 10.2. The van der Waals surface area contributed by atoms with Gasteiger partial charge in [0, 0.05) is 24.4 Å². The third-order valence-electron chi connectivity index (χ3n) is 4.83. The van der Waals surface area contributed by atoms with Gasteiger partial charge in [0.15, 0.2) is 0 Å². The maximum Gasteiger partial charge on any atom is 0.312 e. The molecule has 2 atom stereocenters. The number of primary amides is 1. The van der Waals surface area contributed by atoms with Crippen LogP contribution in [0, 0.1) is 5.92 Å². The van der Waals surface area contributed by atoms with Crippen LogP contribution in [0.4, 0.5) is 16.2 Å². The number of urea groups is 1. The fourth-order valence-corrected chi connectivity index (χ4v) is 2.94. The number of benzene rings is 1. The summed E-state index contributed by atoms with van der Waals surface area (Å²) in [6.45, 7) is 3.83. The van der Waals surface area contributed by atoms with E-state index in [4.69, 9.17) is 11.5 Å². The number of carbonyl (C=O) groups is 5. The molecule has 0 saturated heterocycles. The molecule has 0 radical (unpaired) electrons. The lowest BCUT2D eigenvalue weighted by atomic mass is 10.0. The minimum Gasteiger partial charge on any atom is -0.352 e. The number of nitrogens with two attached hydrogens (primary N) is 2. The summed E-state index contributed by atoms with van der Waals surface area (Å²) in [6, 6.07) is 3.78. The molecular formula is C21H28N6O5. The highest BCUT2D eigenvalue weighted by atomic mass is 16.2. The Labute approximate surface area is 185 Å². The Bertz CT molecular complexity index is 894. The van der Waals surface area contributed by atoms with Gasteiger partial charge in [-0.1, -0.05) is 13.8 Å². The molecule has 11 nitrogen and oxygen atoms in total. The Balaban J connectivity index is 2.05. The smallest absolute Gasteiger partial charge is 0.312 e. The van der Waals surface area contributed by atoms with Crippen molar-refractivity contribution in [1.29, 1.82) is 0 Å². The topological polar surface area (TPSA) is 177 Å². The second-order valence-corrected chi connectivity index (χ2v) is 7.65.